The number of thiophene rings is 1. The van der Waals surface area contributed by atoms with E-state index < -0.39 is 28.1 Å². The van der Waals surface area contributed by atoms with Crippen molar-refractivity contribution in [3.05, 3.63) is 16.5 Å². The number of halogens is 1. The first-order valence-electron chi connectivity index (χ1n) is 5.39. The van der Waals surface area contributed by atoms with Gasteiger partial charge in [-0.15, -0.1) is 11.3 Å². The van der Waals surface area contributed by atoms with E-state index in [2.05, 4.69) is 4.74 Å². The molecule has 0 saturated carbocycles. The Hall–Kier alpha value is -0.670. The Morgan fingerprint density at radius 2 is 2.26 bits per heavy atom. The van der Waals surface area contributed by atoms with E-state index in [4.69, 9.17) is 11.6 Å². The number of methoxy groups -OCH3 is 1. The Bertz CT molecular complexity index is 584. The van der Waals surface area contributed by atoms with Crippen LogP contribution in [0, 0.1) is 0 Å². The van der Waals surface area contributed by atoms with Crippen LogP contribution in [0.5, 0.6) is 0 Å². The third-order valence-electron chi connectivity index (χ3n) is 2.82. The quantitative estimate of drug-likeness (QED) is 0.827. The number of β-amino-alcohol motifs (C(OH)–C–C–N with tert-alkyl or cyclic N) is 1. The minimum Gasteiger partial charge on any atom is -0.468 e. The molecule has 1 aromatic rings. The van der Waals surface area contributed by atoms with Crippen molar-refractivity contribution in [2.24, 2.45) is 0 Å². The van der Waals surface area contributed by atoms with Crippen LogP contribution in [0.1, 0.15) is 6.42 Å². The molecule has 1 aliphatic rings. The highest BCUT2D eigenvalue weighted by molar-refractivity contribution is 7.91. The van der Waals surface area contributed by atoms with Gasteiger partial charge in [-0.1, -0.05) is 11.6 Å². The summed E-state index contributed by atoms with van der Waals surface area (Å²) >= 11 is 6.63. The van der Waals surface area contributed by atoms with Crippen LogP contribution in [-0.4, -0.2) is 49.6 Å². The monoisotopic (exact) mass is 325 g/mol. The topological polar surface area (TPSA) is 83.9 Å². The molecule has 106 valence electrons. The maximum atomic E-state index is 12.4. The summed E-state index contributed by atoms with van der Waals surface area (Å²) in [5.74, 6) is -0.678. The summed E-state index contributed by atoms with van der Waals surface area (Å²) in [5, 5.41) is 9.59. The van der Waals surface area contributed by atoms with E-state index in [0.717, 1.165) is 15.6 Å². The highest BCUT2D eigenvalue weighted by Crippen LogP contribution is 2.32. The van der Waals surface area contributed by atoms with Crippen molar-refractivity contribution in [3.8, 4) is 0 Å². The van der Waals surface area contributed by atoms with Crippen LogP contribution in [0.3, 0.4) is 0 Å². The highest BCUT2D eigenvalue weighted by Gasteiger charge is 2.44. The van der Waals surface area contributed by atoms with Crippen LogP contribution in [0.2, 0.25) is 4.34 Å². The number of carbonyl (C=O) groups excluding carboxylic acids is 1. The van der Waals surface area contributed by atoms with Gasteiger partial charge in [-0.25, -0.2) is 8.42 Å². The third-order valence-corrected chi connectivity index (χ3v) is 6.39. The maximum absolute atomic E-state index is 12.4. The van der Waals surface area contributed by atoms with E-state index in [9.17, 15) is 18.3 Å². The maximum Gasteiger partial charge on any atom is 0.324 e. The Labute approximate surface area is 119 Å². The molecule has 6 nitrogen and oxygen atoms in total. The molecule has 0 radical (unpaired) electrons. The molecule has 0 aliphatic carbocycles. The van der Waals surface area contributed by atoms with Gasteiger partial charge < -0.3 is 9.84 Å². The Morgan fingerprint density at radius 1 is 1.58 bits per heavy atom. The van der Waals surface area contributed by atoms with Gasteiger partial charge in [0.25, 0.3) is 10.0 Å². The number of esters is 1. The van der Waals surface area contributed by atoms with Gasteiger partial charge in [-0.3, -0.25) is 4.79 Å². The molecule has 2 atom stereocenters. The van der Waals surface area contributed by atoms with E-state index in [1.165, 1.54) is 19.2 Å². The van der Waals surface area contributed by atoms with Gasteiger partial charge in [0.05, 0.1) is 17.6 Å². The van der Waals surface area contributed by atoms with E-state index in [1.54, 1.807) is 0 Å². The van der Waals surface area contributed by atoms with Gasteiger partial charge in [0, 0.05) is 13.0 Å². The average molecular weight is 326 g/mol. The SMILES string of the molecule is COC(=O)C1CC(O)CN1S(=O)(=O)c1ccc(Cl)s1. The molecule has 0 spiro atoms. The van der Waals surface area contributed by atoms with Crippen molar-refractivity contribution in [2.45, 2.75) is 22.8 Å². The largest absolute Gasteiger partial charge is 0.468 e. The lowest BCUT2D eigenvalue weighted by Crippen LogP contribution is -2.40. The average Bonchev–Trinajstić information content (AvgIpc) is 2.95. The fourth-order valence-electron chi connectivity index (χ4n) is 1.95. The third kappa shape index (κ3) is 2.77. The standard InChI is InChI=1S/C10H12ClNO5S2/c1-17-10(14)7-4-6(13)5-12(7)19(15,16)9-3-2-8(11)18-9/h2-3,6-7,13H,4-5H2,1H3. The Kier molecular flexibility index (Phi) is 4.17. The van der Waals surface area contributed by atoms with Crippen molar-refractivity contribution >= 4 is 38.9 Å². The molecule has 1 aromatic heterocycles. The number of hydrogen-bond acceptors (Lipinski definition) is 6. The predicted molar refractivity (Wildman–Crippen MR) is 69.6 cm³/mol. The zero-order chi connectivity index (χ0) is 14.2. The fourth-order valence-corrected chi connectivity index (χ4v) is 5.19. The van der Waals surface area contributed by atoms with Crippen LogP contribution in [0.4, 0.5) is 0 Å². The van der Waals surface area contributed by atoms with Crippen molar-refractivity contribution in [3.63, 3.8) is 0 Å². The summed E-state index contributed by atoms with van der Waals surface area (Å²) in [5.41, 5.74) is 0. The van der Waals surface area contributed by atoms with Crippen LogP contribution in [0.15, 0.2) is 16.3 Å². The molecule has 2 heterocycles. The summed E-state index contributed by atoms with van der Waals surface area (Å²) < 4.78 is 30.7. The van der Waals surface area contributed by atoms with Gasteiger partial charge >= 0.3 is 5.97 Å². The molecular weight excluding hydrogens is 314 g/mol. The summed E-state index contributed by atoms with van der Waals surface area (Å²) in [6, 6.07) is 1.85. The molecule has 2 rings (SSSR count). The van der Waals surface area contributed by atoms with Crippen molar-refractivity contribution in [2.75, 3.05) is 13.7 Å². The lowest BCUT2D eigenvalue weighted by Gasteiger charge is -2.20. The molecule has 0 amide bonds. The lowest BCUT2D eigenvalue weighted by molar-refractivity contribution is -0.144. The number of aliphatic hydroxyl groups is 1. The van der Waals surface area contributed by atoms with E-state index >= 15 is 0 Å². The number of sulfonamides is 1. The first-order valence-corrected chi connectivity index (χ1v) is 8.03. The summed E-state index contributed by atoms with van der Waals surface area (Å²) in [4.78, 5) is 11.6. The van der Waals surface area contributed by atoms with Crippen molar-refractivity contribution in [1.29, 1.82) is 0 Å². The molecular formula is C10H12ClNO5S2. The van der Waals surface area contributed by atoms with Crippen LogP contribution >= 0.6 is 22.9 Å². The lowest BCUT2D eigenvalue weighted by atomic mass is 10.2. The van der Waals surface area contributed by atoms with E-state index in [0.29, 0.717) is 4.34 Å². The van der Waals surface area contributed by atoms with Gasteiger partial charge in [0.2, 0.25) is 0 Å². The number of carbonyl (C=O) groups is 1. The molecule has 1 aliphatic heterocycles. The molecule has 9 heteroatoms. The zero-order valence-corrected chi connectivity index (χ0v) is 12.3. The number of aliphatic hydroxyl groups excluding tert-OH is 1. The fraction of sp³-hybridized carbons (Fsp3) is 0.500. The highest BCUT2D eigenvalue weighted by atomic mass is 35.5. The Balaban J connectivity index is 2.36. The summed E-state index contributed by atoms with van der Waals surface area (Å²) in [6.45, 7) is -0.127. The second kappa shape index (κ2) is 5.37. The molecule has 0 bridgehead atoms. The number of ether oxygens (including phenoxy) is 1. The van der Waals surface area contributed by atoms with Crippen LogP contribution < -0.4 is 0 Å². The van der Waals surface area contributed by atoms with E-state index in [-0.39, 0.29) is 17.2 Å². The predicted octanol–water partition coefficient (Wildman–Crippen LogP) is 0.698. The van der Waals surface area contributed by atoms with Gasteiger partial charge in [0.1, 0.15) is 10.3 Å². The molecule has 1 saturated heterocycles. The van der Waals surface area contributed by atoms with E-state index in [1.807, 2.05) is 0 Å². The minimum atomic E-state index is -3.85. The Morgan fingerprint density at radius 3 is 2.79 bits per heavy atom. The molecule has 19 heavy (non-hydrogen) atoms. The molecule has 1 fully saturated rings. The van der Waals surface area contributed by atoms with Crippen molar-refractivity contribution < 1.29 is 23.1 Å². The number of rotatable bonds is 3. The summed E-state index contributed by atoms with van der Waals surface area (Å²) in [7, 11) is -2.67. The minimum absolute atomic E-state index is 0.0327. The van der Waals surface area contributed by atoms with Gasteiger partial charge in [-0.05, 0) is 12.1 Å². The molecule has 1 N–H and O–H groups in total. The second-order valence-electron chi connectivity index (χ2n) is 4.06. The smallest absolute Gasteiger partial charge is 0.324 e. The first-order chi connectivity index (χ1) is 8.86. The summed E-state index contributed by atoms with van der Waals surface area (Å²) in [6.07, 6.45) is -0.848. The first kappa shape index (κ1) is 14.7. The number of hydrogen-bond donors (Lipinski definition) is 1. The van der Waals surface area contributed by atoms with Gasteiger partial charge in [0.15, 0.2) is 0 Å². The molecule has 0 aromatic carbocycles. The van der Waals surface area contributed by atoms with Crippen LogP contribution in [0.25, 0.3) is 0 Å². The van der Waals surface area contributed by atoms with Crippen LogP contribution in [-0.2, 0) is 19.6 Å². The van der Waals surface area contributed by atoms with Crippen molar-refractivity contribution in [1.82, 2.24) is 4.31 Å². The number of nitrogens with zero attached hydrogens (tertiary/aromatic N) is 1. The normalized spacial score (nSPS) is 24.6. The molecule has 2 unspecified atom stereocenters. The van der Waals surface area contributed by atoms with Gasteiger partial charge in [-0.2, -0.15) is 4.31 Å². The second-order valence-corrected chi connectivity index (χ2v) is 7.89. The zero-order valence-electron chi connectivity index (χ0n) is 9.95.